The highest BCUT2D eigenvalue weighted by Gasteiger charge is 2.41. The molecule has 0 spiro atoms. The van der Waals surface area contributed by atoms with Crippen LogP contribution < -0.4 is 5.32 Å². The minimum Gasteiger partial charge on any atom is -0.508 e. The highest BCUT2D eigenvalue weighted by molar-refractivity contribution is 5.95. The lowest BCUT2D eigenvalue weighted by Crippen LogP contribution is -2.62. The van der Waals surface area contributed by atoms with Crippen molar-refractivity contribution >= 4 is 11.8 Å². The quantitative estimate of drug-likeness (QED) is 0.854. The fourth-order valence-electron chi connectivity index (χ4n) is 2.54. The lowest BCUT2D eigenvalue weighted by atomic mass is 9.83. The molecule has 1 aliphatic heterocycles. The van der Waals surface area contributed by atoms with Crippen molar-refractivity contribution in [1.29, 1.82) is 0 Å². The van der Waals surface area contributed by atoms with Gasteiger partial charge >= 0.3 is 0 Å². The number of carbonyl (C=O) groups is 2. The van der Waals surface area contributed by atoms with E-state index in [1.807, 2.05) is 26.8 Å². The van der Waals surface area contributed by atoms with Crippen LogP contribution in [0.2, 0.25) is 0 Å². The molecule has 108 valence electrons. The van der Waals surface area contributed by atoms with Gasteiger partial charge in [-0.3, -0.25) is 9.59 Å². The Morgan fingerprint density at radius 2 is 2.05 bits per heavy atom. The number of hydrogen-bond acceptors (Lipinski definition) is 3. The van der Waals surface area contributed by atoms with Crippen LogP contribution in [0.4, 0.5) is 0 Å². The molecule has 0 radical (unpaired) electrons. The molecule has 0 aliphatic carbocycles. The molecule has 20 heavy (non-hydrogen) atoms. The number of nitrogens with zero attached hydrogens (tertiary/aromatic N) is 1. The van der Waals surface area contributed by atoms with Crippen molar-refractivity contribution in [1.82, 2.24) is 10.2 Å². The zero-order chi connectivity index (χ0) is 14.9. The number of carbonyl (C=O) groups excluding carboxylic acids is 2. The first-order valence-electron chi connectivity index (χ1n) is 6.64. The van der Waals surface area contributed by atoms with Gasteiger partial charge < -0.3 is 15.3 Å². The maximum atomic E-state index is 12.1. The van der Waals surface area contributed by atoms with Crippen molar-refractivity contribution in [2.75, 3.05) is 6.54 Å². The number of benzene rings is 1. The normalized spacial score (nSPS) is 19.9. The molecule has 1 heterocycles. The van der Waals surface area contributed by atoms with Crippen LogP contribution in [0.3, 0.4) is 0 Å². The summed E-state index contributed by atoms with van der Waals surface area (Å²) in [6.07, 6.45) is 0. The van der Waals surface area contributed by atoms with Crippen molar-refractivity contribution < 1.29 is 14.7 Å². The topological polar surface area (TPSA) is 69.6 Å². The summed E-state index contributed by atoms with van der Waals surface area (Å²) in [5, 5.41) is 12.1. The van der Waals surface area contributed by atoms with Gasteiger partial charge in [0.2, 0.25) is 11.8 Å². The highest BCUT2D eigenvalue weighted by Crippen LogP contribution is 2.28. The summed E-state index contributed by atoms with van der Waals surface area (Å²) in [5.74, 6) is -0.0751. The van der Waals surface area contributed by atoms with Gasteiger partial charge in [0.25, 0.3) is 0 Å². The van der Waals surface area contributed by atoms with Gasteiger partial charge in [0.1, 0.15) is 11.8 Å². The second kappa shape index (κ2) is 5.15. The van der Waals surface area contributed by atoms with Crippen molar-refractivity contribution in [3.8, 4) is 5.75 Å². The predicted molar refractivity (Wildman–Crippen MR) is 74.9 cm³/mol. The van der Waals surface area contributed by atoms with Crippen LogP contribution in [0.1, 0.15) is 26.3 Å². The highest BCUT2D eigenvalue weighted by atomic mass is 16.3. The van der Waals surface area contributed by atoms with Gasteiger partial charge in [-0.05, 0) is 23.1 Å². The molecule has 1 aromatic rings. The van der Waals surface area contributed by atoms with Crippen LogP contribution >= 0.6 is 0 Å². The second-order valence-corrected chi connectivity index (χ2v) is 6.18. The van der Waals surface area contributed by atoms with E-state index < -0.39 is 6.04 Å². The van der Waals surface area contributed by atoms with E-state index in [4.69, 9.17) is 0 Å². The van der Waals surface area contributed by atoms with E-state index in [2.05, 4.69) is 5.32 Å². The van der Waals surface area contributed by atoms with Crippen LogP contribution in [-0.4, -0.2) is 34.4 Å². The summed E-state index contributed by atoms with van der Waals surface area (Å²) in [5.41, 5.74) is 0.457. The SMILES string of the molecule is CC(C)(C)C1C(=O)NCC(=O)N1Cc1cccc(O)c1. The number of piperazine rings is 1. The largest absolute Gasteiger partial charge is 0.508 e. The number of phenolic OH excluding ortho intramolecular Hbond substituents is 1. The first-order valence-corrected chi connectivity index (χ1v) is 6.64. The molecule has 2 rings (SSSR count). The molecule has 1 unspecified atom stereocenters. The van der Waals surface area contributed by atoms with E-state index in [9.17, 15) is 14.7 Å². The predicted octanol–water partition coefficient (Wildman–Crippen LogP) is 1.27. The van der Waals surface area contributed by atoms with Crippen LogP contribution in [0.15, 0.2) is 24.3 Å². The maximum Gasteiger partial charge on any atom is 0.243 e. The van der Waals surface area contributed by atoms with E-state index in [1.165, 1.54) is 0 Å². The Kier molecular flexibility index (Phi) is 3.70. The fraction of sp³-hybridized carbons (Fsp3) is 0.467. The molecular weight excluding hydrogens is 256 g/mol. The van der Waals surface area contributed by atoms with Gasteiger partial charge in [0.15, 0.2) is 0 Å². The zero-order valence-corrected chi connectivity index (χ0v) is 12.0. The summed E-state index contributed by atoms with van der Waals surface area (Å²) >= 11 is 0. The Morgan fingerprint density at radius 1 is 1.35 bits per heavy atom. The van der Waals surface area contributed by atoms with E-state index >= 15 is 0 Å². The van der Waals surface area contributed by atoms with Gasteiger partial charge in [-0.2, -0.15) is 0 Å². The lowest BCUT2D eigenvalue weighted by molar-refractivity contribution is -0.150. The molecule has 0 aromatic heterocycles. The molecule has 1 saturated heterocycles. The molecule has 2 N–H and O–H groups in total. The average Bonchev–Trinajstić information content (AvgIpc) is 2.32. The molecule has 0 bridgehead atoms. The summed E-state index contributed by atoms with van der Waals surface area (Å²) in [7, 11) is 0. The van der Waals surface area contributed by atoms with Crippen LogP contribution in [0, 0.1) is 5.41 Å². The molecular formula is C15H20N2O3. The minimum atomic E-state index is -0.508. The molecule has 0 saturated carbocycles. The van der Waals surface area contributed by atoms with Gasteiger partial charge in [-0.25, -0.2) is 0 Å². The molecule has 1 aliphatic rings. The second-order valence-electron chi connectivity index (χ2n) is 6.18. The summed E-state index contributed by atoms with van der Waals surface area (Å²) < 4.78 is 0. The standard InChI is InChI=1S/C15H20N2O3/c1-15(2,3)13-14(20)16-8-12(19)17(13)9-10-5-4-6-11(18)7-10/h4-7,13,18H,8-9H2,1-3H3,(H,16,20). The smallest absolute Gasteiger partial charge is 0.243 e. The molecule has 5 heteroatoms. The van der Waals surface area contributed by atoms with E-state index in [1.54, 1.807) is 23.1 Å². The number of aromatic hydroxyl groups is 1. The number of nitrogens with one attached hydrogen (secondary N) is 1. The third-order valence-electron chi connectivity index (χ3n) is 3.38. The van der Waals surface area contributed by atoms with Crippen molar-refractivity contribution in [3.05, 3.63) is 29.8 Å². The zero-order valence-electron chi connectivity index (χ0n) is 12.0. The number of amides is 2. The number of phenols is 1. The molecule has 5 nitrogen and oxygen atoms in total. The maximum absolute atomic E-state index is 12.1. The average molecular weight is 276 g/mol. The molecule has 1 aromatic carbocycles. The van der Waals surface area contributed by atoms with E-state index in [0.29, 0.717) is 6.54 Å². The Bertz CT molecular complexity index is 534. The summed E-state index contributed by atoms with van der Waals surface area (Å²) in [6, 6.07) is 6.24. The Morgan fingerprint density at radius 3 is 2.65 bits per heavy atom. The van der Waals surface area contributed by atoms with Gasteiger partial charge in [-0.15, -0.1) is 0 Å². The first-order chi connectivity index (χ1) is 9.29. The molecule has 1 atom stereocenters. The lowest BCUT2D eigenvalue weighted by Gasteiger charge is -2.42. The Hall–Kier alpha value is -2.04. The third kappa shape index (κ3) is 2.92. The van der Waals surface area contributed by atoms with Gasteiger partial charge in [-0.1, -0.05) is 32.9 Å². The summed E-state index contributed by atoms with van der Waals surface area (Å²) in [6.45, 7) is 6.16. The fourth-order valence-corrected chi connectivity index (χ4v) is 2.54. The molecule has 2 amide bonds. The van der Waals surface area contributed by atoms with E-state index in [-0.39, 0.29) is 29.5 Å². The molecule has 1 fully saturated rings. The van der Waals surface area contributed by atoms with Crippen LogP contribution in [0.25, 0.3) is 0 Å². The van der Waals surface area contributed by atoms with E-state index in [0.717, 1.165) is 5.56 Å². The van der Waals surface area contributed by atoms with Gasteiger partial charge in [0, 0.05) is 6.54 Å². The third-order valence-corrected chi connectivity index (χ3v) is 3.38. The van der Waals surface area contributed by atoms with Crippen molar-refractivity contribution in [2.45, 2.75) is 33.4 Å². The van der Waals surface area contributed by atoms with Crippen LogP contribution in [0.5, 0.6) is 5.75 Å². The van der Waals surface area contributed by atoms with Crippen molar-refractivity contribution in [3.63, 3.8) is 0 Å². The monoisotopic (exact) mass is 276 g/mol. The van der Waals surface area contributed by atoms with Gasteiger partial charge in [0.05, 0.1) is 6.54 Å². The van der Waals surface area contributed by atoms with Crippen molar-refractivity contribution in [2.24, 2.45) is 5.41 Å². The Balaban J connectivity index is 2.29. The first kappa shape index (κ1) is 14.4. The minimum absolute atomic E-state index is 0.0320. The number of rotatable bonds is 2. The summed E-state index contributed by atoms with van der Waals surface area (Å²) in [4.78, 5) is 25.8. The van der Waals surface area contributed by atoms with Crippen LogP contribution in [-0.2, 0) is 16.1 Å². The number of hydrogen-bond donors (Lipinski definition) is 2. The Labute approximate surface area is 118 Å².